The maximum atomic E-state index is 12.4. The summed E-state index contributed by atoms with van der Waals surface area (Å²) in [5.74, 6) is -0.284. The average Bonchev–Trinajstić information content (AvgIpc) is 2.91. The van der Waals surface area contributed by atoms with Crippen LogP contribution in [-0.2, 0) is 28.9 Å². The van der Waals surface area contributed by atoms with Gasteiger partial charge in [-0.2, -0.15) is 0 Å². The van der Waals surface area contributed by atoms with Crippen LogP contribution in [0.2, 0.25) is 0 Å². The molecule has 6 heteroatoms. The largest absolute Gasteiger partial charge is 0.357 e. The predicted molar refractivity (Wildman–Crippen MR) is 97.0 cm³/mol. The van der Waals surface area contributed by atoms with Gasteiger partial charge in [0.05, 0.1) is 13.2 Å². The number of hydrogen-bond donors (Lipinski definition) is 0. The van der Waals surface area contributed by atoms with Crippen LogP contribution in [0.5, 0.6) is 0 Å². The van der Waals surface area contributed by atoms with Crippen molar-refractivity contribution in [1.82, 2.24) is 9.88 Å². The molecule has 0 saturated carbocycles. The number of aryl methyl sites for hydroxylation is 1. The molecule has 0 spiro atoms. The molecule has 0 aliphatic carbocycles. The van der Waals surface area contributed by atoms with Gasteiger partial charge in [-0.1, -0.05) is 43.3 Å². The third-order valence-corrected chi connectivity index (χ3v) is 4.97. The molecule has 2 amide bonds. The lowest BCUT2D eigenvalue weighted by molar-refractivity contribution is -0.134. The first-order chi connectivity index (χ1) is 12.2. The molecule has 1 aliphatic rings. The summed E-state index contributed by atoms with van der Waals surface area (Å²) < 4.78 is 5.63. The first kappa shape index (κ1) is 17.6. The fourth-order valence-electron chi connectivity index (χ4n) is 2.52. The normalized spacial score (nSPS) is 17.3. The van der Waals surface area contributed by atoms with Gasteiger partial charge >= 0.3 is 0 Å². The van der Waals surface area contributed by atoms with Crippen LogP contribution in [0.25, 0.3) is 0 Å². The Labute approximate surface area is 151 Å². The van der Waals surface area contributed by atoms with E-state index in [0.717, 1.165) is 29.4 Å². The second kappa shape index (κ2) is 8.27. The monoisotopic (exact) mass is 356 g/mol. The SMILES string of the molecule is CCc1ccc(CCOC2SC(=O)N(Cc3ccccc3)C2=O)nc1. The molecule has 1 aliphatic heterocycles. The topological polar surface area (TPSA) is 59.5 Å². The molecule has 0 bridgehead atoms. The van der Waals surface area contributed by atoms with Gasteiger partial charge in [-0.05, 0) is 35.4 Å². The highest BCUT2D eigenvalue weighted by Crippen LogP contribution is 2.29. The third-order valence-electron chi connectivity index (χ3n) is 4.00. The van der Waals surface area contributed by atoms with E-state index in [0.29, 0.717) is 13.0 Å². The van der Waals surface area contributed by atoms with Gasteiger partial charge in [-0.3, -0.25) is 19.5 Å². The summed E-state index contributed by atoms with van der Waals surface area (Å²) in [4.78, 5) is 30.1. The molecule has 2 aromatic rings. The summed E-state index contributed by atoms with van der Waals surface area (Å²) in [5, 5.41) is -0.260. The number of carbonyl (C=O) groups excluding carboxylic acids is 2. The highest BCUT2D eigenvalue weighted by Gasteiger charge is 2.40. The minimum absolute atomic E-state index is 0.260. The number of ether oxygens (including phenoxy) is 1. The zero-order valence-corrected chi connectivity index (χ0v) is 14.9. The molecule has 1 unspecified atom stereocenters. The summed E-state index contributed by atoms with van der Waals surface area (Å²) in [5.41, 5.74) is 2.27. The first-order valence-electron chi connectivity index (χ1n) is 8.28. The molecule has 5 nitrogen and oxygen atoms in total. The Morgan fingerprint density at radius 1 is 1.12 bits per heavy atom. The lowest BCUT2D eigenvalue weighted by Crippen LogP contribution is -2.32. The lowest BCUT2D eigenvalue weighted by Gasteiger charge is -2.14. The van der Waals surface area contributed by atoms with E-state index in [1.54, 1.807) is 0 Å². The Morgan fingerprint density at radius 2 is 1.92 bits per heavy atom. The van der Waals surface area contributed by atoms with E-state index in [2.05, 4.69) is 11.9 Å². The number of thioether (sulfide) groups is 1. The number of benzene rings is 1. The Morgan fingerprint density at radius 3 is 2.60 bits per heavy atom. The maximum absolute atomic E-state index is 12.4. The van der Waals surface area contributed by atoms with Crippen molar-refractivity contribution >= 4 is 22.9 Å². The average molecular weight is 356 g/mol. The smallest absolute Gasteiger partial charge is 0.291 e. The number of nitrogens with zero attached hydrogens (tertiary/aromatic N) is 2. The zero-order valence-electron chi connectivity index (χ0n) is 14.1. The Hall–Kier alpha value is -2.18. The van der Waals surface area contributed by atoms with Crippen molar-refractivity contribution in [1.29, 1.82) is 0 Å². The molecule has 1 fully saturated rings. The molecule has 1 saturated heterocycles. The van der Waals surface area contributed by atoms with E-state index in [-0.39, 0.29) is 17.7 Å². The van der Waals surface area contributed by atoms with Crippen LogP contribution in [0.4, 0.5) is 4.79 Å². The van der Waals surface area contributed by atoms with Crippen LogP contribution < -0.4 is 0 Å². The quantitative estimate of drug-likeness (QED) is 0.761. The van der Waals surface area contributed by atoms with Gasteiger partial charge in [0.15, 0.2) is 5.44 Å². The molecule has 2 heterocycles. The van der Waals surface area contributed by atoms with E-state index in [4.69, 9.17) is 4.74 Å². The minimum Gasteiger partial charge on any atom is -0.357 e. The molecule has 1 aromatic heterocycles. The Kier molecular flexibility index (Phi) is 5.83. The number of rotatable bonds is 7. The molecule has 1 atom stereocenters. The summed E-state index contributed by atoms with van der Waals surface area (Å²) in [6, 6.07) is 13.5. The zero-order chi connectivity index (χ0) is 17.6. The molecule has 130 valence electrons. The highest BCUT2D eigenvalue weighted by atomic mass is 32.2. The Bertz CT molecular complexity index is 734. The van der Waals surface area contributed by atoms with Gasteiger partial charge in [0.1, 0.15) is 0 Å². The van der Waals surface area contributed by atoms with E-state index in [1.165, 1.54) is 10.5 Å². The molecule has 1 aromatic carbocycles. The van der Waals surface area contributed by atoms with Gasteiger partial charge < -0.3 is 4.74 Å². The number of aromatic nitrogens is 1. The van der Waals surface area contributed by atoms with Crippen LogP contribution in [-0.4, -0.2) is 33.1 Å². The third kappa shape index (κ3) is 4.46. The summed E-state index contributed by atoms with van der Waals surface area (Å²) in [6.45, 7) is 2.72. The molecule has 0 radical (unpaired) electrons. The van der Waals surface area contributed by atoms with Gasteiger partial charge in [-0.25, -0.2) is 0 Å². The number of amides is 2. The van der Waals surface area contributed by atoms with Gasteiger partial charge in [0, 0.05) is 18.3 Å². The van der Waals surface area contributed by atoms with Gasteiger partial charge in [0.25, 0.3) is 11.1 Å². The van der Waals surface area contributed by atoms with Crippen LogP contribution in [0.15, 0.2) is 48.7 Å². The summed E-state index contributed by atoms with van der Waals surface area (Å²) in [7, 11) is 0. The van der Waals surface area contributed by atoms with E-state index in [1.807, 2.05) is 48.7 Å². The second-order valence-electron chi connectivity index (χ2n) is 5.76. The van der Waals surface area contributed by atoms with E-state index >= 15 is 0 Å². The van der Waals surface area contributed by atoms with E-state index < -0.39 is 5.44 Å². The fraction of sp³-hybridized carbons (Fsp3) is 0.316. The number of imide groups is 1. The Balaban J connectivity index is 1.51. The molecule has 3 rings (SSSR count). The standard InChI is InChI=1S/C19H20N2O3S/c1-2-14-8-9-16(20-12-14)10-11-24-18-17(22)21(19(23)25-18)13-15-6-4-3-5-7-15/h3-9,12,18H,2,10-11,13H2,1H3. The fourth-order valence-corrected chi connectivity index (χ4v) is 3.38. The summed E-state index contributed by atoms with van der Waals surface area (Å²) in [6.07, 6.45) is 3.42. The predicted octanol–water partition coefficient (Wildman–Crippen LogP) is 3.42. The van der Waals surface area contributed by atoms with Crippen molar-refractivity contribution in [2.24, 2.45) is 0 Å². The van der Waals surface area contributed by atoms with Crippen molar-refractivity contribution in [3.63, 3.8) is 0 Å². The van der Waals surface area contributed by atoms with Crippen molar-refractivity contribution in [3.8, 4) is 0 Å². The first-order valence-corrected chi connectivity index (χ1v) is 9.16. The van der Waals surface area contributed by atoms with Crippen molar-refractivity contribution < 1.29 is 14.3 Å². The lowest BCUT2D eigenvalue weighted by atomic mass is 10.2. The van der Waals surface area contributed by atoms with Crippen molar-refractivity contribution in [2.45, 2.75) is 31.7 Å². The molecular weight excluding hydrogens is 336 g/mol. The minimum atomic E-state index is -0.758. The summed E-state index contributed by atoms with van der Waals surface area (Å²) >= 11 is 0.937. The van der Waals surface area contributed by atoms with E-state index in [9.17, 15) is 9.59 Å². The number of hydrogen-bond acceptors (Lipinski definition) is 5. The van der Waals surface area contributed by atoms with Gasteiger partial charge in [-0.15, -0.1) is 0 Å². The molecule has 0 N–H and O–H groups in total. The van der Waals surface area contributed by atoms with Gasteiger partial charge in [0.2, 0.25) is 0 Å². The second-order valence-corrected chi connectivity index (χ2v) is 6.77. The van der Waals surface area contributed by atoms with Crippen molar-refractivity contribution in [3.05, 3.63) is 65.5 Å². The van der Waals surface area contributed by atoms with Crippen LogP contribution in [0, 0.1) is 0 Å². The molecule has 25 heavy (non-hydrogen) atoms. The highest BCUT2D eigenvalue weighted by molar-refractivity contribution is 8.15. The van der Waals surface area contributed by atoms with Crippen molar-refractivity contribution in [2.75, 3.05) is 6.61 Å². The molecular formula is C19H20N2O3S. The number of pyridine rings is 1. The van der Waals surface area contributed by atoms with Crippen LogP contribution >= 0.6 is 11.8 Å². The van der Waals surface area contributed by atoms with Crippen LogP contribution in [0.1, 0.15) is 23.7 Å². The number of carbonyl (C=O) groups is 2. The maximum Gasteiger partial charge on any atom is 0.291 e. The van der Waals surface area contributed by atoms with Crippen LogP contribution in [0.3, 0.4) is 0 Å².